The van der Waals surface area contributed by atoms with Crippen molar-refractivity contribution in [3.8, 4) is 0 Å². The molecule has 0 radical (unpaired) electrons. The van der Waals surface area contributed by atoms with Crippen LogP contribution in [0.25, 0.3) is 0 Å². The van der Waals surface area contributed by atoms with E-state index in [2.05, 4.69) is 29.7 Å². The molecule has 3 N–H and O–H groups in total. The van der Waals surface area contributed by atoms with Gasteiger partial charge in [-0.25, -0.2) is 4.79 Å². The molecule has 5 heteroatoms. The van der Waals surface area contributed by atoms with Crippen LogP contribution in [0.4, 0.5) is 4.79 Å². The van der Waals surface area contributed by atoms with Gasteiger partial charge in [0.25, 0.3) is 0 Å². The van der Waals surface area contributed by atoms with Crippen molar-refractivity contribution in [2.24, 2.45) is 0 Å². The third-order valence-corrected chi connectivity index (χ3v) is 3.82. The van der Waals surface area contributed by atoms with Crippen molar-refractivity contribution in [2.45, 2.75) is 52.2 Å². The number of aryl methyl sites for hydroxylation is 1. The number of hydrogen-bond donors (Lipinski definition) is 3. The number of rotatable bonds is 7. The molecule has 1 rings (SSSR count). The molecule has 0 saturated carbocycles. The van der Waals surface area contributed by atoms with Crippen LogP contribution < -0.4 is 10.6 Å². The zero-order valence-electron chi connectivity index (χ0n) is 11.9. The summed E-state index contributed by atoms with van der Waals surface area (Å²) < 4.78 is 0. The maximum atomic E-state index is 11.6. The molecule has 1 aromatic heterocycles. The van der Waals surface area contributed by atoms with Crippen molar-refractivity contribution in [3.05, 3.63) is 21.9 Å². The van der Waals surface area contributed by atoms with Gasteiger partial charge in [-0.15, -0.1) is 11.3 Å². The number of amides is 2. The third kappa shape index (κ3) is 6.59. The lowest BCUT2D eigenvalue weighted by Crippen LogP contribution is -2.44. The fraction of sp³-hybridized carbons (Fsp3) is 0.643. The van der Waals surface area contributed by atoms with E-state index in [1.54, 1.807) is 11.3 Å². The molecule has 19 heavy (non-hydrogen) atoms. The van der Waals surface area contributed by atoms with Crippen LogP contribution in [0.2, 0.25) is 0 Å². The number of urea groups is 1. The Kier molecular flexibility index (Phi) is 6.87. The molecule has 4 nitrogen and oxygen atoms in total. The normalized spacial score (nSPS) is 13.9. The van der Waals surface area contributed by atoms with Gasteiger partial charge in [0, 0.05) is 28.8 Å². The van der Waals surface area contributed by atoms with Crippen molar-refractivity contribution in [1.82, 2.24) is 10.6 Å². The van der Waals surface area contributed by atoms with Gasteiger partial charge in [0.15, 0.2) is 0 Å². The highest BCUT2D eigenvalue weighted by Gasteiger charge is 2.10. The van der Waals surface area contributed by atoms with Gasteiger partial charge in [-0.1, -0.05) is 13.3 Å². The van der Waals surface area contributed by atoms with Crippen LogP contribution >= 0.6 is 11.3 Å². The number of carbonyl (C=O) groups excluding carboxylic acids is 1. The summed E-state index contributed by atoms with van der Waals surface area (Å²) >= 11 is 1.76. The minimum Gasteiger partial charge on any atom is -0.391 e. The van der Waals surface area contributed by atoms with E-state index in [4.69, 9.17) is 0 Å². The molecule has 0 aliphatic rings. The summed E-state index contributed by atoms with van der Waals surface area (Å²) in [5, 5.41) is 15.1. The van der Waals surface area contributed by atoms with Crippen LogP contribution in [0.1, 0.15) is 36.4 Å². The van der Waals surface area contributed by atoms with Crippen molar-refractivity contribution in [2.75, 3.05) is 6.54 Å². The average molecular weight is 284 g/mol. The van der Waals surface area contributed by atoms with E-state index in [0.29, 0.717) is 13.0 Å². The molecule has 2 unspecified atom stereocenters. The second-order valence-electron chi connectivity index (χ2n) is 4.91. The summed E-state index contributed by atoms with van der Waals surface area (Å²) in [5.41, 5.74) is 0. The molecule has 108 valence electrons. The van der Waals surface area contributed by atoms with Crippen LogP contribution in [0, 0.1) is 6.92 Å². The zero-order chi connectivity index (χ0) is 14.3. The monoisotopic (exact) mass is 284 g/mol. The molecule has 0 aliphatic heterocycles. The van der Waals surface area contributed by atoms with Gasteiger partial charge in [-0.3, -0.25) is 0 Å². The Labute approximate surface area is 119 Å². The Morgan fingerprint density at radius 3 is 2.79 bits per heavy atom. The summed E-state index contributed by atoms with van der Waals surface area (Å²) in [4.78, 5) is 14.2. The highest BCUT2D eigenvalue weighted by molar-refractivity contribution is 7.11. The Bertz CT molecular complexity index is 393. The van der Waals surface area contributed by atoms with Gasteiger partial charge in [0.05, 0.1) is 6.10 Å². The molecule has 0 fully saturated rings. The second-order valence-corrected chi connectivity index (χ2v) is 6.29. The van der Waals surface area contributed by atoms with E-state index in [1.165, 1.54) is 9.75 Å². The van der Waals surface area contributed by atoms with Crippen LogP contribution in [-0.2, 0) is 6.42 Å². The highest BCUT2D eigenvalue weighted by atomic mass is 32.1. The molecule has 0 saturated heterocycles. The maximum Gasteiger partial charge on any atom is 0.315 e. The lowest BCUT2D eigenvalue weighted by molar-refractivity contribution is 0.160. The second kappa shape index (κ2) is 8.17. The Balaban J connectivity index is 2.24. The largest absolute Gasteiger partial charge is 0.391 e. The lowest BCUT2D eigenvalue weighted by Gasteiger charge is -2.15. The molecular weight excluding hydrogens is 260 g/mol. The molecule has 1 heterocycles. The molecule has 2 amide bonds. The first-order valence-corrected chi connectivity index (χ1v) is 7.60. The van der Waals surface area contributed by atoms with E-state index in [-0.39, 0.29) is 12.1 Å². The summed E-state index contributed by atoms with van der Waals surface area (Å²) in [6, 6.07) is 4.06. The summed E-state index contributed by atoms with van der Waals surface area (Å²) in [7, 11) is 0. The van der Waals surface area contributed by atoms with Crippen LogP contribution in [0.3, 0.4) is 0 Å². The number of carbonyl (C=O) groups is 1. The zero-order valence-corrected chi connectivity index (χ0v) is 12.7. The Morgan fingerprint density at radius 1 is 1.47 bits per heavy atom. The first-order valence-electron chi connectivity index (χ1n) is 6.79. The van der Waals surface area contributed by atoms with Crippen molar-refractivity contribution in [1.29, 1.82) is 0 Å². The number of aliphatic hydroxyl groups is 1. The Morgan fingerprint density at radius 2 is 2.21 bits per heavy atom. The number of aliphatic hydroxyl groups excluding tert-OH is 1. The summed E-state index contributed by atoms with van der Waals surface area (Å²) in [5.74, 6) is 0. The fourth-order valence-electron chi connectivity index (χ4n) is 1.87. The third-order valence-electron chi connectivity index (χ3n) is 2.80. The molecule has 0 bridgehead atoms. The topological polar surface area (TPSA) is 61.4 Å². The van der Waals surface area contributed by atoms with E-state index in [0.717, 1.165) is 12.8 Å². The molecule has 1 aromatic rings. The van der Waals surface area contributed by atoms with Gasteiger partial charge >= 0.3 is 6.03 Å². The van der Waals surface area contributed by atoms with E-state index in [9.17, 15) is 9.90 Å². The minimum atomic E-state index is -0.453. The van der Waals surface area contributed by atoms with Gasteiger partial charge in [-0.2, -0.15) is 0 Å². The number of nitrogens with one attached hydrogen (secondary N) is 2. The first kappa shape index (κ1) is 16.0. The average Bonchev–Trinajstić information content (AvgIpc) is 2.72. The fourth-order valence-corrected chi connectivity index (χ4v) is 2.89. The van der Waals surface area contributed by atoms with Gasteiger partial charge < -0.3 is 15.7 Å². The van der Waals surface area contributed by atoms with E-state index >= 15 is 0 Å². The maximum absolute atomic E-state index is 11.6. The van der Waals surface area contributed by atoms with Crippen LogP contribution in [-0.4, -0.2) is 29.8 Å². The SMILES string of the molecule is CCCC(O)CNC(=O)NC(C)Cc1ccc(C)s1. The number of thiophene rings is 1. The van der Waals surface area contributed by atoms with Gasteiger partial charge in [-0.05, 0) is 32.4 Å². The predicted octanol–water partition coefficient (Wildman–Crippen LogP) is 2.45. The Hall–Kier alpha value is -1.07. The smallest absolute Gasteiger partial charge is 0.315 e. The van der Waals surface area contributed by atoms with Crippen LogP contribution in [0.5, 0.6) is 0 Å². The summed E-state index contributed by atoms with van der Waals surface area (Å²) in [6.07, 6.45) is 2.01. The van der Waals surface area contributed by atoms with Crippen LogP contribution in [0.15, 0.2) is 12.1 Å². The van der Waals surface area contributed by atoms with Crippen molar-refractivity contribution < 1.29 is 9.90 Å². The minimum absolute atomic E-state index is 0.0846. The summed E-state index contributed by atoms with van der Waals surface area (Å²) in [6.45, 7) is 6.38. The van der Waals surface area contributed by atoms with E-state index in [1.807, 2.05) is 13.8 Å². The molecular formula is C14H24N2O2S. The van der Waals surface area contributed by atoms with Crippen molar-refractivity contribution >= 4 is 17.4 Å². The van der Waals surface area contributed by atoms with Crippen molar-refractivity contribution in [3.63, 3.8) is 0 Å². The standard InChI is InChI=1S/C14H24N2O2S/c1-4-5-12(17)9-15-14(18)16-10(2)8-13-7-6-11(3)19-13/h6-7,10,12,17H,4-5,8-9H2,1-3H3,(H2,15,16,18). The van der Waals surface area contributed by atoms with Gasteiger partial charge in [0.1, 0.15) is 0 Å². The quantitative estimate of drug-likeness (QED) is 0.720. The molecule has 0 aromatic carbocycles. The first-order chi connectivity index (χ1) is 9.01. The van der Waals surface area contributed by atoms with Gasteiger partial charge in [0.2, 0.25) is 0 Å². The predicted molar refractivity (Wildman–Crippen MR) is 79.7 cm³/mol. The molecule has 2 atom stereocenters. The number of hydrogen-bond acceptors (Lipinski definition) is 3. The molecule has 0 spiro atoms. The molecule has 0 aliphatic carbocycles. The highest BCUT2D eigenvalue weighted by Crippen LogP contribution is 2.16. The van der Waals surface area contributed by atoms with E-state index < -0.39 is 6.10 Å². The lowest BCUT2D eigenvalue weighted by atomic mass is 10.2.